The van der Waals surface area contributed by atoms with Gasteiger partial charge in [-0.1, -0.05) is 0 Å². The molecule has 1 atom stereocenters. The van der Waals surface area contributed by atoms with Crippen molar-refractivity contribution in [1.29, 1.82) is 0 Å². The number of carboxylic acid groups (broad SMARTS) is 1. The van der Waals surface area contributed by atoms with Crippen LogP contribution in [0.2, 0.25) is 0 Å². The smallest absolute Gasteiger partial charge is 0.326 e. The van der Waals surface area contributed by atoms with E-state index in [1.54, 1.807) is 0 Å². The van der Waals surface area contributed by atoms with Crippen LogP contribution in [0.5, 0.6) is 0 Å². The molecule has 12 heavy (non-hydrogen) atoms. The number of aliphatic carboxylic acids is 1. The van der Waals surface area contributed by atoms with Gasteiger partial charge in [0.05, 0.1) is 18.4 Å². The van der Waals surface area contributed by atoms with Crippen molar-refractivity contribution in [2.45, 2.75) is 11.8 Å². The van der Waals surface area contributed by atoms with Crippen LogP contribution in [0.1, 0.15) is 6.42 Å². The van der Waals surface area contributed by atoms with Gasteiger partial charge in [-0.05, 0) is 0 Å². The lowest BCUT2D eigenvalue weighted by Gasteiger charge is -2.13. The fraction of sp³-hybridized carbons (Fsp3) is 0.429. The molecule has 0 aliphatic carbocycles. The number of hydrogen-bond donors (Lipinski definition) is 1. The van der Waals surface area contributed by atoms with Crippen molar-refractivity contribution >= 4 is 23.4 Å². The summed E-state index contributed by atoms with van der Waals surface area (Å²) in [6.45, 7) is 0.297. The van der Waals surface area contributed by atoms with Gasteiger partial charge in [-0.25, -0.2) is 0 Å². The molecule has 0 amide bonds. The molecule has 0 fully saturated rings. The second kappa shape index (κ2) is 3.58. The molecule has 4 nitrogen and oxygen atoms in total. The second-order valence-corrected chi connectivity index (χ2v) is 2.75. The highest BCUT2D eigenvalue weighted by Gasteiger charge is 2.27. The Kier molecular flexibility index (Phi) is 2.70. The van der Waals surface area contributed by atoms with Crippen molar-refractivity contribution in [2.75, 3.05) is 6.61 Å². The number of Topliss-reactive ketones (excluding diaryl/α,β-unsaturated/α-hetero) is 1. The third-order valence-corrected chi connectivity index (χ3v) is 1.89. The zero-order valence-electron chi connectivity index (χ0n) is 6.12. The number of carbonyl (C=O) groups is 2. The Bertz CT molecular complexity index is 246. The van der Waals surface area contributed by atoms with Crippen LogP contribution < -0.4 is 0 Å². The summed E-state index contributed by atoms with van der Waals surface area (Å²) >= 11 is 5.42. The normalized spacial score (nSPS) is 19.4. The molecule has 1 aliphatic rings. The summed E-state index contributed by atoms with van der Waals surface area (Å²) in [4.78, 5) is 21.4. The zero-order valence-corrected chi connectivity index (χ0v) is 6.87. The molecule has 0 bridgehead atoms. The van der Waals surface area contributed by atoms with Gasteiger partial charge in [0.1, 0.15) is 0 Å². The SMILES string of the molecule is O=C1CCOC=C1C(Cl)C(=O)O. The van der Waals surface area contributed by atoms with Crippen LogP contribution in [0.25, 0.3) is 0 Å². The summed E-state index contributed by atoms with van der Waals surface area (Å²) in [6, 6.07) is 0. The van der Waals surface area contributed by atoms with E-state index in [0.717, 1.165) is 6.26 Å². The van der Waals surface area contributed by atoms with E-state index in [1.165, 1.54) is 0 Å². The highest BCUT2D eigenvalue weighted by atomic mass is 35.5. The van der Waals surface area contributed by atoms with Gasteiger partial charge in [-0.15, -0.1) is 11.6 Å². The molecule has 0 saturated heterocycles. The number of carboxylic acids is 1. The van der Waals surface area contributed by atoms with Crippen molar-refractivity contribution in [3.63, 3.8) is 0 Å². The van der Waals surface area contributed by atoms with Crippen LogP contribution in [0, 0.1) is 0 Å². The molecule has 0 aromatic heterocycles. The van der Waals surface area contributed by atoms with Gasteiger partial charge in [-0.3, -0.25) is 9.59 Å². The third-order valence-electron chi connectivity index (χ3n) is 1.47. The van der Waals surface area contributed by atoms with Crippen LogP contribution in [0.4, 0.5) is 0 Å². The van der Waals surface area contributed by atoms with Gasteiger partial charge in [0.2, 0.25) is 0 Å². The number of carbonyl (C=O) groups excluding carboxylic acids is 1. The first-order chi connectivity index (χ1) is 5.63. The van der Waals surface area contributed by atoms with Crippen molar-refractivity contribution in [2.24, 2.45) is 0 Å². The number of halogens is 1. The molecular formula is C7H7ClO4. The number of hydrogen-bond acceptors (Lipinski definition) is 3. The maximum atomic E-state index is 11.0. The maximum absolute atomic E-state index is 11.0. The lowest BCUT2D eigenvalue weighted by atomic mass is 10.1. The zero-order chi connectivity index (χ0) is 9.14. The average molecular weight is 191 g/mol. The van der Waals surface area contributed by atoms with Gasteiger partial charge in [0.25, 0.3) is 0 Å². The molecule has 1 N–H and O–H groups in total. The van der Waals surface area contributed by atoms with E-state index < -0.39 is 11.3 Å². The number of rotatable bonds is 2. The molecule has 0 saturated carbocycles. The lowest BCUT2D eigenvalue weighted by Crippen LogP contribution is -2.25. The largest absolute Gasteiger partial charge is 0.500 e. The predicted octanol–water partition coefficient (Wildman–Crippen LogP) is 0.552. The standard InChI is InChI=1S/C7H7ClO4/c8-6(7(10)11)4-3-12-2-1-5(4)9/h3,6H,1-2H2,(H,10,11). The van der Waals surface area contributed by atoms with Gasteiger partial charge in [0, 0.05) is 6.42 Å². The molecule has 0 aromatic carbocycles. The Hall–Kier alpha value is -1.03. The Morgan fingerprint density at radius 1 is 1.75 bits per heavy atom. The topological polar surface area (TPSA) is 63.6 Å². The Labute approximate surface area is 73.8 Å². The summed E-state index contributed by atoms with van der Waals surface area (Å²) in [5, 5.41) is 7.18. The first kappa shape index (κ1) is 9.06. The molecule has 66 valence electrons. The fourth-order valence-corrected chi connectivity index (χ4v) is 1.02. The minimum atomic E-state index is -1.29. The van der Waals surface area contributed by atoms with Crippen LogP contribution in [-0.4, -0.2) is 28.8 Å². The van der Waals surface area contributed by atoms with E-state index in [4.69, 9.17) is 21.4 Å². The summed E-state index contributed by atoms with van der Waals surface area (Å²) in [5.74, 6) is -1.49. The summed E-state index contributed by atoms with van der Waals surface area (Å²) in [7, 11) is 0. The van der Waals surface area contributed by atoms with Crippen molar-refractivity contribution in [1.82, 2.24) is 0 Å². The number of ketones is 1. The van der Waals surface area contributed by atoms with E-state index >= 15 is 0 Å². The van der Waals surface area contributed by atoms with E-state index in [1.807, 2.05) is 0 Å². The first-order valence-electron chi connectivity index (χ1n) is 3.34. The van der Waals surface area contributed by atoms with E-state index in [0.29, 0.717) is 6.61 Å². The molecule has 5 heteroatoms. The van der Waals surface area contributed by atoms with Crippen molar-refractivity contribution in [3.05, 3.63) is 11.8 Å². The molecule has 1 heterocycles. The maximum Gasteiger partial charge on any atom is 0.326 e. The number of ether oxygens (including phenoxy) is 1. The average Bonchev–Trinajstić information content (AvgIpc) is 2.04. The Balaban J connectivity index is 2.78. The minimum Gasteiger partial charge on any atom is -0.500 e. The molecular weight excluding hydrogens is 184 g/mol. The molecule has 1 rings (SSSR count). The lowest BCUT2D eigenvalue weighted by molar-refractivity contribution is -0.136. The predicted molar refractivity (Wildman–Crippen MR) is 40.9 cm³/mol. The Morgan fingerprint density at radius 2 is 2.42 bits per heavy atom. The highest BCUT2D eigenvalue weighted by molar-refractivity contribution is 6.34. The van der Waals surface area contributed by atoms with Crippen LogP contribution in [-0.2, 0) is 14.3 Å². The quantitative estimate of drug-likeness (QED) is 0.646. The van der Waals surface area contributed by atoms with Gasteiger partial charge in [-0.2, -0.15) is 0 Å². The van der Waals surface area contributed by atoms with Crippen LogP contribution >= 0.6 is 11.6 Å². The molecule has 1 unspecified atom stereocenters. The second-order valence-electron chi connectivity index (χ2n) is 2.32. The molecule has 1 aliphatic heterocycles. The molecule has 0 radical (unpaired) electrons. The highest BCUT2D eigenvalue weighted by Crippen LogP contribution is 2.16. The van der Waals surface area contributed by atoms with Gasteiger partial charge in [0.15, 0.2) is 11.2 Å². The minimum absolute atomic E-state index is 0.0235. The van der Waals surface area contributed by atoms with Crippen molar-refractivity contribution in [3.8, 4) is 0 Å². The summed E-state index contributed by atoms with van der Waals surface area (Å²) in [5.41, 5.74) is 0.0235. The van der Waals surface area contributed by atoms with E-state index in [2.05, 4.69) is 0 Å². The van der Waals surface area contributed by atoms with Gasteiger partial charge >= 0.3 is 5.97 Å². The van der Waals surface area contributed by atoms with E-state index in [9.17, 15) is 9.59 Å². The monoisotopic (exact) mass is 190 g/mol. The third kappa shape index (κ3) is 1.76. The fourth-order valence-electron chi connectivity index (χ4n) is 0.844. The van der Waals surface area contributed by atoms with E-state index in [-0.39, 0.29) is 17.8 Å². The van der Waals surface area contributed by atoms with Gasteiger partial charge < -0.3 is 9.84 Å². The first-order valence-corrected chi connectivity index (χ1v) is 3.78. The molecule has 0 aromatic rings. The molecule has 0 spiro atoms. The summed E-state index contributed by atoms with van der Waals surface area (Å²) in [6.07, 6.45) is 1.32. The Morgan fingerprint density at radius 3 is 2.92 bits per heavy atom. The number of alkyl halides is 1. The van der Waals surface area contributed by atoms with Crippen LogP contribution in [0.3, 0.4) is 0 Å². The van der Waals surface area contributed by atoms with Crippen LogP contribution in [0.15, 0.2) is 11.8 Å². The summed E-state index contributed by atoms with van der Waals surface area (Å²) < 4.78 is 4.79. The van der Waals surface area contributed by atoms with Crippen molar-refractivity contribution < 1.29 is 19.4 Å².